The molecule has 1 spiro atoms. The van der Waals surface area contributed by atoms with Crippen molar-refractivity contribution in [3.05, 3.63) is 0 Å². The first-order valence-corrected chi connectivity index (χ1v) is 8.46. The van der Waals surface area contributed by atoms with Gasteiger partial charge in [-0.2, -0.15) is 0 Å². The molecule has 2 heteroatoms. The van der Waals surface area contributed by atoms with Crippen molar-refractivity contribution < 1.29 is 4.74 Å². The molecule has 3 fully saturated rings. The van der Waals surface area contributed by atoms with Gasteiger partial charge >= 0.3 is 0 Å². The van der Waals surface area contributed by atoms with Gasteiger partial charge in [0.2, 0.25) is 0 Å². The van der Waals surface area contributed by atoms with Crippen LogP contribution >= 0.6 is 0 Å². The molecule has 0 aromatic carbocycles. The van der Waals surface area contributed by atoms with Crippen molar-refractivity contribution in [1.82, 2.24) is 5.32 Å². The zero-order chi connectivity index (χ0) is 13.5. The molecule has 0 amide bonds. The summed E-state index contributed by atoms with van der Waals surface area (Å²) in [7, 11) is 0. The maximum atomic E-state index is 6.76. The van der Waals surface area contributed by atoms with Crippen molar-refractivity contribution in [2.45, 2.75) is 89.9 Å². The summed E-state index contributed by atoms with van der Waals surface area (Å²) in [6.07, 6.45) is 11.1. The molecule has 1 aliphatic heterocycles. The van der Waals surface area contributed by atoms with Gasteiger partial charge in [-0.15, -0.1) is 0 Å². The van der Waals surface area contributed by atoms with Crippen LogP contribution in [0.3, 0.4) is 0 Å². The topological polar surface area (TPSA) is 21.3 Å². The van der Waals surface area contributed by atoms with E-state index in [2.05, 4.69) is 26.1 Å². The molecule has 3 aliphatic rings. The molecule has 2 saturated carbocycles. The fourth-order valence-corrected chi connectivity index (χ4v) is 4.60. The predicted octanol–water partition coefficient (Wildman–Crippen LogP) is 3.89. The number of ether oxygens (including phenoxy) is 1. The first kappa shape index (κ1) is 13.9. The van der Waals surface area contributed by atoms with Crippen molar-refractivity contribution in [3.63, 3.8) is 0 Å². The molecule has 2 aliphatic carbocycles. The minimum atomic E-state index is 0.168. The summed E-state index contributed by atoms with van der Waals surface area (Å²) in [5.74, 6) is 0.950. The minimum absolute atomic E-state index is 0.168. The summed E-state index contributed by atoms with van der Waals surface area (Å²) in [6, 6.07) is 0.610. The van der Waals surface area contributed by atoms with Crippen LogP contribution in [0, 0.1) is 11.3 Å². The molecule has 1 heterocycles. The van der Waals surface area contributed by atoms with E-state index in [9.17, 15) is 0 Å². The summed E-state index contributed by atoms with van der Waals surface area (Å²) in [5.41, 5.74) is 0.520. The molecule has 2 atom stereocenters. The van der Waals surface area contributed by atoms with Crippen LogP contribution in [0.2, 0.25) is 0 Å². The zero-order valence-corrected chi connectivity index (χ0v) is 13.0. The first-order valence-electron chi connectivity index (χ1n) is 8.46. The van der Waals surface area contributed by atoms with E-state index in [1.807, 2.05) is 0 Å². The van der Waals surface area contributed by atoms with Crippen molar-refractivity contribution in [2.75, 3.05) is 6.54 Å². The fourth-order valence-electron chi connectivity index (χ4n) is 4.60. The number of fused-ring (bicyclic) bond motifs is 1. The van der Waals surface area contributed by atoms with E-state index in [0.717, 1.165) is 12.5 Å². The Kier molecular flexibility index (Phi) is 3.68. The Morgan fingerprint density at radius 3 is 2.53 bits per heavy atom. The highest BCUT2D eigenvalue weighted by molar-refractivity contribution is 5.02. The second kappa shape index (κ2) is 5.04. The third-order valence-corrected chi connectivity index (χ3v) is 6.13. The monoisotopic (exact) mass is 265 g/mol. The van der Waals surface area contributed by atoms with Gasteiger partial charge in [0, 0.05) is 12.6 Å². The second-order valence-corrected chi connectivity index (χ2v) is 7.94. The molecule has 3 rings (SSSR count). The maximum absolute atomic E-state index is 6.76. The standard InChI is InChI=1S/C17H31NO/c1-4-13-7-10-17(11-8-13)12-18-14-6-5-9-16(2,3)15(14)19-17/h13-15,18H,4-12H2,1-3H3. The van der Waals surface area contributed by atoms with E-state index < -0.39 is 0 Å². The molecule has 0 aromatic rings. The van der Waals surface area contributed by atoms with Gasteiger partial charge in [0.05, 0.1) is 11.7 Å². The Morgan fingerprint density at radius 2 is 1.84 bits per heavy atom. The lowest BCUT2D eigenvalue weighted by Crippen LogP contribution is -2.64. The van der Waals surface area contributed by atoms with Gasteiger partial charge in [-0.1, -0.05) is 33.6 Å². The SMILES string of the molecule is CCC1CCC2(CC1)CNC1CCCC(C)(C)C1O2. The average molecular weight is 265 g/mol. The molecule has 2 unspecified atom stereocenters. The first-order chi connectivity index (χ1) is 9.05. The second-order valence-electron chi connectivity index (χ2n) is 7.94. The molecule has 2 nitrogen and oxygen atoms in total. The van der Waals surface area contributed by atoms with E-state index in [1.54, 1.807) is 0 Å². The molecule has 0 bridgehead atoms. The van der Waals surface area contributed by atoms with E-state index in [1.165, 1.54) is 51.4 Å². The molecule has 0 radical (unpaired) electrons. The fraction of sp³-hybridized carbons (Fsp3) is 1.00. The van der Waals surface area contributed by atoms with E-state index >= 15 is 0 Å². The highest BCUT2D eigenvalue weighted by Gasteiger charge is 2.49. The summed E-state index contributed by atoms with van der Waals surface area (Å²) in [6.45, 7) is 8.24. The largest absolute Gasteiger partial charge is 0.368 e. The van der Waals surface area contributed by atoms with Gasteiger partial charge in [-0.05, 0) is 49.9 Å². The van der Waals surface area contributed by atoms with Gasteiger partial charge in [-0.3, -0.25) is 0 Å². The van der Waals surface area contributed by atoms with Gasteiger partial charge in [-0.25, -0.2) is 0 Å². The molecule has 19 heavy (non-hydrogen) atoms. The third-order valence-electron chi connectivity index (χ3n) is 6.13. The Morgan fingerprint density at radius 1 is 1.11 bits per heavy atom. The molecule has 0 aromatic heterocycles. The van der Waals surface area contributed by atoms with E-state index in [4.69, 9.17) is 4.74 Å². The maximum Gasteiger partial charge on any atom is 0.0811 e. The molecule has 1 N–H and O–H groups in total. The number of nitrogens with one attached hydrogen (secondary N) is 1. The summed E-state index contributed by atoms with van der Waals surface area (Å²) in [4.78, 5) is 0. The third kappa shape index (κ3) is 2.58. The number of hydrogen-bond acceptors (Lipinski definition) is 2. The Bertz CT molecular complexity index is 312. The van der Waals surface area contributed by atoms with Gasteiger partial charge in [0.25, 0.3) is 0 Å². The Balaban J connectivity index is 1.70. The number of hydrogen-bond donors (Lipinski definition) is 1. The average Bonchev–Trinajstić information content (AvgIpc) is 2.41. The lowest BCUT2D eigenvalue weighted by atomic mass is 9.69. The summed E-state index contributed by atoms with van der Waals surface area (Å²) >= 11 is 0. The van der Waals surface area contributed by atoms with Crippen LogP contribution in [0.5, 0.6) is 0 Å². The molecule has 1 saturated heterocycles. The highest BCUT2D eigenvalue weighted by atomic mass is 16.5. The van der Waals surface area contributed by atoms with Crippen LogP contribution < -0.4 is 5.32 Å². The van der Waals surface area contributed by atoms with Crippen LogP contribution in [0.4, 0.5) is 0 Å². The smallest absolute Gasteiger partial charge is 0.0811 e. The molecular weight excluding hydrogens is 234 g/mol. The van der Waals surface area contributed by atoms with E-state index in [-0.39, 0.29) is 5.60 Å². The van der Waals surface area contributed by atoms with Crippen molar-refractivity contribution >= 4 is 0 Å². The van der Waals surface area contributed by atoms with E-state index in [0.29, 0.717) is 17.6 Å². The molecular formula is C17H31NO. The van der Waals surface area contributed by atoms with Crippen LogP contribution in [0.15, 0.2) is 0 Å². The Labute approximate surface area is 118 Å². The van der Waals surface area contributed by atoms with Crippen LogP contribution in [-0.4, -0.2) is 24.3 Å². The lowest BCUT2D eigenvalue weighted by molar-refractivity contribution is -0.200. The molecule has 110 valence electrons. The quantitative estimate of drug-likeness (QED) is 0.776. The van der Waals surface area contributed by atoms with Gasteiger partial charge in [0.1, 0.15) is 0 Å². The number of rotatable bonds is 1. The van der Waals surface area contributed by atoms with Crippen molar-refractivity contribution in [1.29, 1.82) is 0 Å². The normalized spacial score (nSPS) is 45.9. The van der Waals surface area contributed by atoms with Gasteiger partial charge < -0.3 is 10.1 Å². The Hall–Kier alpha value is -0.0800. The van der Waals surface area contributed by atoms with Crippen LogP contribution in [-0.2, 0) is 4.74 Å². The van der Waals surface area contributed by atoms with Crippen LogP contribution in [0.1, 0.15) is 72.1 Å². The predicted molar refractivity (Wildman–Crippen MR) is 79.3 cm³/mol. The minimum Gasteiger partial charge on any atom is -0.368 e. The number of morpholine rings is 1. The zero-order valence-electron chi connectivity index (χ0n) is 13.0. The van der Waals surface area contributed by atoms with Crippen LogP contribution in [0.25, 0.3) is 0 Å². The van der Waals surface area contributed by atoms with Gasteiger partial charge in [0.15, 0.2) is 0 Å². The lowest BCUT2D eigenvalue weighted by Gasteiger charge is -2.55. The summed E-state index contributed by atoms with van der Waals surface area (Å²) in [5, 5.41) is 3.85. The highest BCUT2D eigenvalue weighted by Crippen LogP contribution is 2.46. The van der Waals surface area contributed by atoms with Crippen molar-refractivity contribution in [3.8, 4) is 0 Å². The van der Waals surface area contributed by atoms with Crippen molar-refractivity contribution in [2.24, 2.45) is 11.3 Å². The summed E-state index contributed by atoms with van der Waals surface area (Å²) < 4.78 is 6.76.